The third kappa shape index (κ3) is 3.39. The third-order valence-electron chi connectivity index (χ3n) is 0.798. The second-order valence-corrected chi connectivity index (χ2v) is 2.20. The van der Waals surface area contributed by atoms with Gasteiger partial charge in [-0.05, 0) is 13.8 Å². The van der Waals surface area contributed by atoms with E-state index in [0.717, 1.165) is 6.34 Å². The molecule has 0 saturated carbocycles. The molecule has 0 aliphatic heterocycles. The summed E-state index contributed by atoms with van der Waals surface area (Å²) in [6, 6.07) is 0.209. The van der Waals surface area contributed by atoms with Crippen LogP contribution in [-0.2, 0) is 0 Å². The van der Waals surface area contributed by atoms with Crippen LogP contribution in [-0.4, -0.2) is 17.4 Å². The first-order valence-corrected chi connectivity index (χ1v) is 3.49. The lowest BCUT2D eigenvalue weighted by Gasteiger charge is -2.13. The van der Waals surface area contributed by atoms with Crippen LogP contribution in [0.5, 0.6) is 0 Å². The largest absolute Gasteiger partial charge is 0.290 e. The molecular weight excluding hydrogens is 231 g/mol. The molecule has 0 saturated heterocycles. The predicted octanol–water partition coefficient (Wildman–Crippen LogP) is 2.02. The van der Waals surface area contributed by atoms with Crippen LogP contribution in [0.25, 0.3) is 0 Å². The van der Waals surface area contributed by atoms with Crippen molar-refractivity contribution in [2.24, 2.45) is 8.55 Å². The highest BCUT2D eigenvalue weighted by atomic mass is 127. The minimum absolute atomic E-state index is 0.209. The predicted molar refractivity (Wildman–Crippen MR) is 44.6 cm³/mol. The van der Waals surface area contributed by atoms with Gasteiger partial charge in [-0.1, -0.05) is 8.55 Å². The van der Waals surface area contributed by atoms with Crippen molar-refractivity contribution in [3.63, 3.8) is 0 Å². The zero-order valence-corrected chi connectivity index (χ0v) is 7.53. The number of halogens is 1. The molecule has 4 nitrogen and oxygen atoms in total. The van der Waals surface area contributed by atoms with Crippen LogP contribution >= 0.6 is 22.9 Å². The molecule has 0 heterocycles. The molecule has 0 amide bonds. The van der Waals surface area contributed by atoms with Gasteiger partial charge in [0, 0.05) is 6.04 Å². The van der Waals surface area contributed by atoms with Crippen LogP contribution in [0.4, 0.5) is 0 Å². The fraction of sp³-hybridized carbons (Fsp3) is 0.750. The fourth-order valence-electron chi connectivity index (χ4n) is 0.317. The van der Waals surface area contributed by atoms with Crippen LogP contribution < -0.4 is 0 Å². The maximum absolute atomic E-state index is 6.84. The lowest BCUT2D eigenvalue weighted by molar-refractivity contribution is 0.361. The lowest BCUT2D eigenvalue weighted by Crippen LogP contribution is -2.22. The minimum atomic E-state index is 0.209. The van der Waals surface area contributed by atoms with E-state index in [0.29, 0.717) is 0 Å². The van der Waals surface area contributed by atoms with Crippen molar-refractivity contribution in [3.05, 3.63) is 0 Å². The van der Waals surface area contributed by atoms with Crippen LogP contribution in [0, 0.1) is 5.41 Å². The second kappa shape index (κ2) is 4.66. The average molecular weight is 240 g/mol. The van der Waals surface area contributed by atoms with Gasteiger partial charge in [0.1, 0.15) is 29.2 Å². The molecule has 52 valence electrons. The number of nitrogens with one attached hydrogen (secondary N) is 1. The van der Waals surface area contributed by atoms with Crippen molar-refractivity contribution in [1.82, 2.24) is 5.01 Å². The van der Waals surface area contributed by atoms with Gasteiger partial charge in [0.05, 0.1) is 0 Å². The molecule has 0 fully saturated rings. The first-order chi connectivity index (χ1) is 4.22. The maximum atomic E-state index is 6.84. The molecule has 0 aromatic rings. The summed E-state index contributed by atoms with van der Waals surface area (Å²) in [6.07, 6.45) is 1.15. The molecule has 0 aromatic heterocycles. The molecule has 0 bridgehead atoms. The summed E-state index contributed by atoms with van der Waals surface area (Å²) >= 11 is 1.77. The molecule has 1 N–H and O–H groups in total. The Morgan fingerprint density at radius 2 is 2.22 bits per heavy atom. The van der Waals surface area contributed by atoms with Gasteiger partial charge in [-0.2, -0.15) is 0 Å². The van der Waals surface area contributed by atoms with Crippen molar-refractivity contribution in [2.75, 3.05) is 0 Å². The fourth-order valence-corrected chi connectivity index (χ4v) is 0.540. The number of hydrogen-bond acceptors (Lipinski definition) is 3. The summed E-state index contributed by atoms with van der Waals surface area (Å²) in [5.74, 6) is 0. The monoisotopic (exact) mass is 240 g/mol. The van der Waals surface area contributed by atoms with E-state index in [1.807, 2.05) is 13.8 Å². The van der Waals surface area contributed by atoms with Crippen molar-refractivity contribution in [2.45, 2.75) is 19.9 Å². The van der Waals surface area contributed by atoms with E-state index in [1.54, 1.807) is 22.9 Å². The highest BCUT2D eigenvalue weighted by Crippen LogP contribution is 1.97. The van der Waals surface area contributed by atoms with E-state index in [-0.39, 0.29) is 6.04 Å². The van der Waals surface area contributed by atoms with Crippen molar-refractivity contribution in [3.8, 4) is 0 Å². The Morgan fingerprint density at radius 1 is 1.67 bits per heavy atom. The first-order valence-electron chi connectivity index (χ1n) is 2.53. The van der Waals surface area contributed by atoms with Crippen LogP contribution in [0.1, 0.15) is 13.8 Å². The highest BCUT2D eigenvalue weighted by Gasteiger charge is 1.99. The van der Waals surface area contributed by atoms with E-state index in [2.05, 4.69) is 8.55 Å². The van der Waals surface area contributed by atoms with E-state index >= 15 is 0 Å². The molecule has 0 aliphatic rings. The van der Waals surface area contributed by atoms with Crippen molar-refractivity contribution >= 4 is 29.2 Å². The SMILES string of the molecule is CC(C)N(C=N)N=NI. The topological polar surface area (TPSA) is 51.8 Å². The summed E-state index contributed by atoms with van der Waals surface area (Å²) in [7, 11) is 0. The van der Waals surface area contributed by atoms with E-state index in [4.69, 9.17) is 5.41 Å². The summed E-state index contributed by atoms with van der Waals surface area (Å²) < 4.78 is 3.50. The Kier molecular flexibility index (Phi) is 4.55. The molecule has 0 radical (unpaired) electrons. The highest BCUT2D eigenvalue weighted by molar-refractivity contribution is 14.1. The van der Waals surface area contributed by atoms with E-state index in [9.17, 15) is 0 Å². The molecule has 5 heteroatoms. The summed E-state index contributed by atoms with van der Waals surface area (Å²) in [5, 5.41) is 11.9. The third-order valence-corrected chi connectivity index (χ3v) is 0.991. The van der Waals surface area contributed by atoms with Gasteiger partial charge in [-0.3, -0.25) is 5.41 Å². The standard InChI is InChI=1S/C4H9IN4/c1-4(2)9(3-6)8-7-5/h3-4,6H,1-2H3. The van der Waals surface area contributed by atoms with Crippen molar-refractivity contribution < 1.29 is 0 Å². The maximum Gasteiger partial charge on any atom is 0.113 e. The number of rotatable bonds is 3. The summed E-state index contributed by atoms with van der Waals surface area (Å²) in [5.41, 5.74) is 0. The first kappa shape index (κ1) is 8.80. The quantitative estimate of drug-likeness (QED) is 0.265. The van der Waals surface area contributed by atoms with Crippen molar-refractivity contribution in [1.29, 1.82) is 5.41 Å². The molecule has 0 spiro atoms. The molecule has 0 unspecified atom stereocenters. The van der Waals surface area contributed by atoms with Gasteiger partial charge in [-0.25, -0.2) is 5.01 Å². The molecule has 9 heavy (non-hydrogen) atoms. The number of nitrogens with zero attached hydrogens (tertiary/aromatic N) is 3. The molecule has 0 aromatic carbocycles. The molecule has 0 atom stereocenters. The zero-order chi connectivity index (χ0) is 7.28. The Labute approximate surface area is 68.3 Å². The van der Waals surface area contributed by atoms with Gasteiger partial charge in [0.15, 0.2) is 0 Å². The lowest BCUT2D eigenvalue weighted by atomic mass is 10.4. The second-order valence-electron chi connectivity index (χ2n) is 1.77. The van der Waals surface area contributed by atoms with Crippen LogP contribution in [0.15, 0.2) is 8.55 Å². The van der Waals surface area contributed by atoms with Gasteiger partial charge in [0.2, 0.25) is 0 Å². The average Bonchev–Trinajstić information content (AvgIpc) is 1.82. The Bertz CT molecular complexity index is 111. The molecule has 0 rings (SSSR count). The van der Waals surface area contributed by atoms with Gasteiger partial charge in [0.25, 0.3) is 0 Å². The Balaban J connectivity index is 3.82. The van der Waals surface area contributed by atoms with Crippen LogP contribution in [0.2, 0.25) is 0 Å². The molecule has 0 aliphatic carbocycles. The van der Waals surface area contributed by atoms with Gasteiger partial charge < -0.3 is 0 Å². The van der Waals surface area contributed by atoms with Crippen LogP contribution in [0.3, 0.4) is 0 Å². The Morgan fingerprint density at radius 3 is 2.33 bits per heavy atom. The summed E-state index contributed by atoms with van der Waals surface area (Å²) in [6.45, 7) is 3.88. The van der Waals surface area contributed by atoms with Gasteiger partial charge in [-0.15, -0.1) is 0 Å². The van der Waals surface area contributed by atoms with E-state index in [1.165, 1.54) is 5.01 Å². The smallest absolute Gasteiger partial charge is 0.113 e. The zero-order valence-electron chi connectivity index (χ0n) is 5.37. The Hall–Kier alpha value is -0.200. The van der Waals surface area contributed by atoms with Gasteiger partial charge >= 0.3 is 0 Å². The number of hydrogen-bond donors (Lipinski definition) is 1. The van der Waals surface area contributed by atoms with E-state index < -0.39 is 0 Å². The normalized spacial score (nSPS) is 10.7. The summed E-state index contributed by atoms with van der Waals surface area (Å²) in [4.78, 5) is 0. The molecular formula is C4H9IN4. The minimum Gasteiger partial charge on any atom is -0.290 e.